The fourth-order valence-corrected chi connectivity index (χ4v) is 3.37. The Kier molecular flexibility index (Phi) is 5.04. The Hall–Kier alpha value is -1.01. The molecule has 6 nitrogen and oxygen atoms in total. The van der Waals surface area contributed by atoms with E-state index in [2.05, 4.69) is 0 Å². The van der Waals surface area contributed by atoms with Crippen molar-refractivity contribution in [1.29, 1.82) is 0 Å². The molecule has 0 heterocycles. The van der Waals surface area contributed by atoms with Crippen LogP contribution in [0.2, 0.25) is 0 Å². The smallest absolute Gasteiger partial charge is 0.378 e. The van der Waals surface area contributed by atoms with Crippen molar-refractivity contribution in [3.63, 3.8) is 0 Å². The Bertz CT molecular complexity index is 546. The molecule has 0 aliphatic carbocycles. The lowest BCUT2D eigenvalue weighted by molar-refractivity contribution is -0.385. The van der Waals surface area contributed by atoms with Crippen molar-refractivity contribution >= 4 is 24.2 Å². The van der Waals surface area contributed by atoms with Crippen molar-refractivity contribution in [2.45, 2.75) is 33.8 Å². The minimum atomic E-state index is -3.55. The number of rotatable bonds is 5. The van der Waals surface area contributed by atoms with Crippen molar-refractivity contribution < 1.29 is 18.9 Å². The number of nitro benzene ring substituents is 1. The number of hydrogen-bond acceptors (Lipinski definition) is 5. The lowest BCUT2D eigenvalue weighted by Gasteiger charge is -2.20. The molecule has 0 fully saturated rings. The molecule has 0 aromatic heterocycles. The molecule has 8 heteroatoms. The Morgan fingerprint density at radius 1 is 1.42 bits per heavy atom. The maximum atomic E-state index is 11.0. The molecule has 1 rings (SSSR count). The van der Waals surface area contributed by atoms with Crippen molar-refractivity contribution in [2.75, 3.05) is 0 Å². The second-order valence-corrected chi connectivity index (χ2v) is 7.12. The van der Waals surface area contributed by atoms with Gasteiger partial charge in [0.05, 0.1) is 11.0 Å². The standard InChI is InChI=1S/C11H16NO5PS/c1-7(2)16-18(15,19)17-11-9(4)5-8(3)6-10(11)12(13)14/h5-7H,1-4H3,(H,15,19). The number of benzene rings is 1. The second kappa shape index (κ2) is 5.96. The van der Waals surface area contributed by atoms with E-state index in [4.69, 9.17) is 20.9 Å². The van der Waals surface area contributed by atoms with E-state index in [0.29, 0.717) is 5.56 Å². The van der Waals surface area contributed by atoms with E-state index >= 15 is 0 Å². The van der Waals surface area contributed by atoms with Crippen LogP contribution in [0.3, 0.4) is 0 Å². The van der Waals surface area contributed by atoms with Crippen molar-refractivity contribution in [3.05, 3.63) is 33.4 Å². The summed E-state index contributed by atoms with van der Waals surface area (Å²) in [6.45, 7) is 3.22. The molecule has 0 spiro atoms. The van der Waals surface area contributed by atoms with Crippen LogP contribution in [0.25, 0.3) is 0 Å². The summed E-state index contributed by atoms with van der Waals surface area (Å²) in [4.78, 5) is 20.3. The molecule has 0 saturated carbocycles. The van der Waals surface area contributed by atoms with Gasteiger partial charge in [0.15, 0.2) is 0 Å². The highest BCUT2D eigenvalue weighted by Gasteiger charge is 2.26. The van der Waals surface area contributed by atoms with Crippen LogP contribution in [0.4, 0.5) is 5.69 Å². The van der Waals surface area contributed by atoms with Crippen molar-refractivity contribution in [2.24, 2.45) is 0 Å². The monoisotopic (exact) mass is 305 g/mol. The average Bonchev–Trinajstić information content (AvgIpc) is 2.19. The molecule has 0 aliphatic rings. The Labute approximate surface area is 116 Å². The van der Waals surface area contributed by atoms with E-state index in [1.165, 1.54) is 6.07 Å². The summed E-state index contributed by atoms with van der Waals surface area (Å²) >= 11 is 4.84. The lowest BCUT2D eigenvalue weighted by atomic mass is 10.1. The maximum absolute atomic E-state index is 11.0. The zero-order valence-corrected chi connectivity index (χ0v) is 12.8. The average molecular weight is 305 g/mol. The van der Waals surface area contributed by atoms with Crippen LogP contribution in [0, 0.1) is 24.0 Å². The van der Waals surface area contributed by atoms with Gasteiger partial charge in [-0.15, -0.1) is 0 Å². The summed E-state index contributed by atoms with van der Waals surface area (Å²) in [7, 11) is 0. The van der Waals surface area contributed by atoms with Gasteiger partial charge < -0.3 is 9.42 Å². The van der Waals surface area contributed by atoms with Gasteiger partial charge >= 0.3 is 12.4 Å². The minimum absolute atomic E-state index is 0.0397. The topological polar surface area (TPSA) is 81.8 Å². The predicted molar refractivity (Wildman–Crippen MR) is 75.9 cm³/mol. The minimum Gasteiger partial charge on any atom is -0.417 e. The van der Waals surface area contributed by atoms with Gasteiger partial charge in [0.25, 0.3) is 0 Å². The van der Waals surface area contributed by atoms with Gasteiger partial charge in [-0.2, -0.15) is 0 Å². The van der Waals surface area contributed by atoms with E-state index in [-0.39, 0.29) is 17.5 Å². The fraction of sp³-hybridized carbons (Fsp3) is 0.455. The fourth-order valence-electron chi connectivity index (χ4n) is 1.59. The molecule has 0 aliphatic heterocycles. The molecule has 19 heavy (non-hydrogen) atoms. The molecule has 1 aromatic carbocycles. The Morgan fingerprint density at radius 2 is 2.00 bits per heavy atom. The zero-order chi connectivity index (χ0) is 14.8. The normalized spacial score (nSPS) is 14.2. The van der Waals surface area contributed by atoms with Crippen molar-refractivity contribution in [3.8, 4) is 5.75 Å². The summed E-state index contributed by atoms with van der Waals surface area (Å²) in [6.07, 6.45) is -0.333. The van der Waals surface area contributed by atoms with Crippen LogP contribution < -0.4 is 4.52 Å². The van der Waals surface area contributed by atoms with Gasteiger partial charge in [-0.3, -0.25) is 14.6 Å². The first-order chi connectivity index (χ1) is 8.62. The van der Waals surface area contributed by atoms with Gasteiger partial charge in [-0.05, 0) is 38.8 Å². The molecule has 0 bridgehead atoms. The maximum Gasteiger partial charge on any atom is 0.378 e. The first-order valence-corrected chi connectivity index (χ1v) is 8.18. The molecule has 106 valence electrons. The summed E-state index contributed by atoms with van der Waals surface area (Å²) in [6, 6.07) is 3.08. The molecule has 1 aromatic rings. The number of nitrogens with zero attached hydrogens (tertiary/aromatic N) is 1. The lowest BCUT2D eigenvalue weighted by Crippen LogP contribution is -2.06. The van der Waals surface area contributed by atoms with E-state index in [9.17, 15) is 15.0 Å². The first kappa shape index (κ1) is 16.0. The molecule has 1 N–H and O–H groups in total. The largest absolute Gasteiger partial charge is 0.417 e. The van der Waals surface area contributed by atoms with Crippen molar-refractivity contribution in [1.82, 2.24) is 0 Å². The summed E-state index contributed by atoms with van der Waals surface area (Å²) < 4.78 is 10.3. The zero-order valence-electron chi connectivity index (χ0n) is 11.1. The number of aryl methyl sites for hydroxylation is 2. The molecule has 1 unspecified atom stereocenters. The SMILES string of the molecule is Cc1cc(C)c(OP(O)(=S)OC(C)C)c([N+](=O)[O-])c1. The molecular weight excluding hydrogens is 289 g/mol. The van der Waals surface area contributed by atoms with Crippen LogP contribution in [0.1, 0.15) is 25.0 Å². The quantitative estimate of drug-likeness (QED) is 0.511. The van der Waals surface area contributed by atoms with Crippen LogP contribution in [-0.4, -0.2) is 15.9 Å². The number of hydrogen-bond donors (Lipinski definition) is 1. The van der Waals surface area contributed by atoms with E-state index in [1.54, 1.807) is 33.8 Å². The molecule has 0 amide bonds. The molecule has 0 radical (unpaired) electrons. The summed E-state index contributed by atoms with van der Waals surface area (Å²) in [5.41, 5.74) is 1.03. The van der Waals surface area contributed by atoms with Gasteiger partial charge in [-0.1, -0.05) is 6.07 Å². The third-order valence-electron chi connectivity index (χ3n) is 2.15. The number of nitro groups is 1. The summed E-state index contributed by atoms with van der Waals surface area (Å²) in [5.74, 6) is -0.0397. The van der Waals surface area contributed by atoms with Gasteiger partial charge in [0.2, 0.25) is 5.75 Å². The third kappa shape index (κ3) is 4.54. The summed E-state index contributed by atoms with van der Waals surface area (Å²) in [5, 5.41) is 11.0. The Balaban J connectivity index is 3.20. The van der Waals surface area contributed by atoms with Gasteiger partial charge in [0.1, 0.15) is 0 Å². The van der Waals surface area contributed by atoms with Gasteiger partial charge in [0, 0.05) is 17.9 Å². The van der Waals surface area contributed by atoms with E-state index in [1.807, 2.05) is 0 Å². The molecule has 0 saturated heterocycles. The van der Waals surface area contributed by atoms with Crippen LogP contribution in [0.5, 0.6) is 5.75 Å². The van der Waals surface area contributed by atoms with E-state index < -0.39 is 11.6 Å². The highest BCUT2D eigenvalue weighted by atomic mass is 32.5. The highest BCUT2D eigenvalue weighted by molar-refractivity contribution is 8.07. The third-order valence-corrected chi connectivity index (χ3v) is 3.73. The van der Waals surface area contributed by atoms with Crippen LogP contribution >= 0.6 is 6.72 Å². The molecule has 1 atom stereocenters. The molecular formula is C11H16NO5PS. The Morgan fingerprint density at radius 3 is 2.47 bits per heavy atom. The van der Waals surface area contributed by atoms with E-state index in [0.717, 1.165) is 5.56 Å². The first-order valence-electron chi connectivity index (χ1n) is 5.59. The van der Waals surface area contributed by atoms with Crippen LogP contribution in [0.15, 0.2) is 12.1 Å². The van der Waals surface area contributed by atoms with Crippen LogP contribution in [-0.2, 0) is 16.3 Å². The second-order valence-electron chi connectivity index (χ2n) is 4.40. The predicted octanol–water partition coefficient (Wildman–Crippen LogP) is 3.23. The highest BCUT2D eigenvalue weighted by Crippen LogP contribution is 2.49. The van der Waals surface area contributed by atoms with Gasteiger partial charge in [-0.25, -0.2) is 0 Å².